The number of nitrogens with one attached hydrogen (secondary N) is 1. The molecule has 0 bridgehead atoms. The molecule has 0 radical (unpaired) electrons. The Labute approximate surface area is 87.5 Å². The number of carbonyl (C=O) groups excluding carboxylic acids is 1. The molecule has 1 rings (SSSR count). The minimum absolute atomic E-state index is 0.214. The van der Waals surface area contributed by atoms with Crippen LogP contribution in [0.4, 0.5) is 0 Å². The fraction of sp³-hybridized carbons (Fsp3) is 0.917. The van der Waals surface area contributed by atoms with Crippen molar-refractivity contribution < 1.29 is 4.79 Å². The molecule has 1 aliphatic carbocycles. The average Bonchev–Trinajstić information content (AvgIpc) is 2.69. The van der Waals surface area contributed by atoms with E-state index in [9.17, 15) is 4.79 Å². The Bertz CT molecular complexity index is 185. The van der Waals surface area contributed by atoms with Crippen LogP contribution in [-0.4, -0.2) is 11.9 Å². The first-order chi connectivity index (χ1) is 6.65. The third-order valence-electron chi connectivity index (χ3n) is 3.52. The molecule has 82 valence electrons. The van der Waals surface area contributed by atoms with Crippen molar-refractivity contribution in [3.05, 3.63) is 0 Å². The third-order valence-corrected chi connectivity index (χ3v) is 3.52. The third kappa shape index (κ3) is 3.00. The molecular formula is C12H23NO. The van der Waals surface area contributed by atoms with Gasteiger partial charge in [-0.05, 0) is 32.1 Å². The Morgan fingerprint density at radius 1 is 1.36 bits per heavy atom. The van der Waals surface area contributed by atoms with E-state index in [1.165, 1.54) is 25.7 Å². The molecule has 1 aliphatic rings. The Balaban J connectivity index is 2.35. The lowest BCUT2D eigenvalue weighted by atomic mass is 9.91. The van der Waals surface area contributed by atoms with Crippen LogP contribution >= 0.6 is 0 Å². The second-order valence-corrected chi connectivity index (χ2v) is 4.65. The number of hydrogen-bond donors (Lipinski definition) is 1. The van der Waals surface area contributed by atoms with E-state index >= 15 is 0 Å². The lowest BCUT2D eigenvalue weighted by molar-refractivity contribution is -0.126. The zero-order valence-corrected chi connectivity index (χ0v) is 9.68. The fourth-order valence-electron chi connectivity index (χ4n) is 2.15. The standard InChI is InChI=1S/C12H23NO/c1-4-9(2)13-12(14)10(3)11-7-5-6-8-11/h9-11H,4-8H2,1-3H3,(H,13,14). The highest BCUT2D eigenvalue weighted by molar-refractivity contribution is 5.78. The Hall–Kier alpha value is -0.530. The van der Waals surface area contributed by atoms with Gasteiger partial charge in [-0.3, -0.25) is 4.79 Å². The van der Waals surface area contributed by atoms with Crippen molar-refractivity contribution in [2.75, 3.05) is 0 Å². The monoisotopic (exact) mass is 197 g/mol. The fourth-order valence-corrected chi connectivity index (χ4v) is 2.15. The van der Waals surface area contributed by atoms with Crippen LogP contribution in [0.15, 0.2) is 0 Å². The first kappa shape index (κ1) is 11.5. The van der Waals surface area contributed by atoms with Crippen LogP contribution in [0.3, 0.4) is 0 Å². The summed E-state index contributed by atoms with van der Waals surface area (Å²) in [5.41, 5.74) is 0. The maximum Gasteiger partial charge on any atom is 0.223 e. The SMILES string of the molecule is CCC(C)NC(=O)C(C)C1CCCC1. The van der Waals surface area contributed by atoms with Crippen LogP contribution in [0.25, 0.3) is 0 Å². The maximum atomic E-state index is 11.8. The normalized spacial score (nSPS) is 21.9. The Kier molecular flexibility index (Phi) is 4.43. The first-order valence-corrected chi connectivity index (χ1v) is 5.95. The van der Waals surface area contributed by atoms with Gasteiger partial charge in [-0.15, -0.1) is 0 Å². The summed E-state index contributed by atoms with van der Waals surface area (Å²) in [7, 11) is 0. The van der Waals surface area contributed by atoms with Crippen LogP contribution in [-0.2, 0) is 4.79 Å². The summed E-state index contributed by atoms with van der Waals surface area (Å²) >= 11 is 0. The van der Waals surface area contributed by atoms with Crippen molar-refractivity contribution in [3.63, 3.8) is 0 Å². The predicted molar refractivity (Wildman–Crippen MR) is 59.0 cm³/mol. The highest BCUT2D eigenvalue weighted by Gasteiger charge is 2.26. The topological polar surface area (TPSA) is 29.1 Å². The lowest BCUT2D eigenvalue weighted by Crippen LogP contribution is -2.38. The summed E-state index contributed by atoms with van der Waals surface area (Å²) in [5, 5.41) is 3.07. The van der Waals surface area contributed by atoms with E-state index in [2.05, 4.69) is 26.1 Å². The van der Waals surface area contributed by atoms with E-state index in [0.717, 1.165) is 6.42 Å². The second kappa shape index (κ2) is 5.38. The summed E-state index contributed by atoms with van der Waals surface area (Å²) in [5.74, 6) is 1.11. The minimum atomic E-state index is 0.214. The molecule has 2 nitrogen and oxygen atoms in total. The van der Waals surface area contributed by atoms with E-state index in [1.807, 2.05) is 0 Å². The van der Waals surface area contributed by atoms with Crippen LogP contribution < -0.4 is 5.32 Å². The van der Waals surface area contributed by atoms with Gasteiger partial charge >= 0.3 is 0 Å². The van der Waals surface area contributed by atoms with Gasteiger partial charge in [0.2, 0.25) is 5.91 Å². The van der Waals surface area contributed by atoms with Gasteiger partial charge in [-0.2, -0.15) is 0 Å². The molecule has 0 saturated heterocycles. The molecule has 1 saturated carbocycles. The molecular weight excluding hydrogens is 174 g/mol. The zero-order valence-electron chi connectivity index (χ0n) is 9.68. The molecule has 0 aromatic rings. The van der Waals surface area contributed by atoms with Gasteiger partial charge in [0.05, 0.1) is 0 Å². The molecule has 0 spiro atoms. The molecule has 1 fully saturated rings. The maximum absolute atomic E-state index is 11.8. The molecule has 2 unspecified atom stereocenters. The molecule has 0 aromatic heterocycles. The molecule has 0 aromatic carbocycles. The molecule has 1 amide bonds. The van der Waals surface area contributed by atoms with E-state index < -0.39 is 0 Å². The molecule has 2 heteroatoms. The van der Waals surface area contributed by atoms with Crippen molar-refractivity contribution in [1.82, 2.24) is 5.32 Å². The van der Waals surface area contributed by atoms with Gasteiger partial charge in [-0.25, -0.2) is 0 Å². The van der Waals surface area contributed by atoms with Crippen molar-refractivity contribution >= 4 is 5.91 Å². The van der Waals surface area contributed by atoms with Crippen molar-refractivity contribution in [1.29, 1.82) is 0 Å². The van der Waals surface area contributed by atoms with Crippen molar-refractivity contribution in [2.24, 2.45) is 11.8 Å². The zero-order chi connectivity index (χ0) is 10.6. The number of amides is 1. The van der Waals surface area contributed by atoms with Gasteiger partial charge < -0.3 is 5.32 Å². The summed E-state index contributed by atoms with van der Waals surface area (Å²) in [4.78, 5) is 11.8. The first-order valence-electron chi connectivity index (χ1n) is 5.95. The number of hydrogen-bond acceptors (Lipinski definition) is 1. The highest BCUT2D eigenvalue weighted by Crippen LogP contribution is 2.31. The Morgan fingerprint density at radius 2 is 1.93 bits per heavy atom. The second-order valence-electron chi connectivity index (χ2n) is 4.65. The summed E-state index contributed by atoms with van der Waals surface area (Å²) in [6, 6.07) is 0.325. The van der Waals surface area contributed by atoms with Gasteiger partial charge in [-0.1, -0.05) is 26.7 Å². The summed E-state index contributed by atoms with van der Waals surface area (Å²) in [6.07, 6.45) is 6.13. The number of rotatable bonds is 4. The van der Waals surface area contributed by atoms with E-state index in [4.69, 9.17) is 0 Å². The predicted octanol–water partition coefficient (Wildman–Crippen LogP) is 2.73. The van der Waals surface area contributed by atoms with Crippen molar-refractivity contribution in [2.45, 2.75) is 58.9 Å². The van der Waals surface area contributed by atoms with Gasteiger partial charge in [0.15, 0.2) is 0 Å². The van der Waals surface area contributed by atoms with Gasteiger partial charge in [0.25, 0.3) is 0 Å². The van der Waals surface area contributed by atoms with E-state index in [1.54, 1.807) is 0 Å². The summed E-state index contributed by atoms with van der Waals surface area (Å²) in [6.45, 7) is 6.25. The van der Waals surface area contributed by atoms with Crippen LogP contribution in [0, 0.1) is 11.8 Å². The molecule has 0 aliphatic heterocycles. The van der Waals surface area contributed by atoms with E-state index in [-0.39, 0.29) is 11.8 Å². The average molecular weight is 197 g/mol. The number of carbonyl (C=O) groups is 1. The van der Waals surface area contributed by atoms with Crippen LogP contribution in [0.1, 0.15) is 52.9 Å². The Morgan fingerprint density at radius 3 is 2.43 bits per heavy atom. The quantitative estimate of drug-likeness (QED) is 0.737. The minimum Gasteiger partial charge on any atom is -0.353 e. The van der Waals surface area contributed by atoms with Gasteiger partial charge in [0, 0.05) is 12.0 Å². The highest BCUT2D eigenvalue weighted by atomic mass is 16.1. The smallest absolute Gasteiger partial charge is 0.223 e. The molecule has 2 atom stereocenters. The molecule has 0 heterocycles. The van der Waals surface area contributed by atoms with Crippen molar-refractivity contribution in [3.8, 4) is 0 Å². The van der Waals surface area contributed by atoms with E-state index in [0.29, 0.717) is 12.0 Å². The largest absolute Gasteiger partial charge is 0.353 e. The van der Waals surface area contributed by atoms with Crippen LogP contribution in [0.2, 0.25) is 0 Å². The summed E-state index contributed by atoms with van der Waals surface area (Å²) < 4.78 is 0. The molecule has 14 heavy (non-hydrogen) atoms. The lowest BCUT2D eigenvalue weighted by Gasteiger charge is -2.20. The molecule has 1 N–H and O–H groups in total. The van der Waals surface area contributed by atoms with Gasteiger partial charge in [0.1, 0.15) is 0 Å². The van der Waals surface area contributed by atoms with Crippen LogP contribution in [0.5, 0.6) is 0 Å².